The third-order valence-corrected chi connectivity index (χ3v) is 4.79. The molecule has 0 spiro atoms. The quantitative estimate of drug-likeness (QED) is 0.872. The van der Waals surface area contributed by atoms with Crippen molar-refractivity contribution < 1.29 is 9.84 Å². The molecule has 2 rings (SSSR count). The molecule has 4 heteroatoms. The first-order valence-electron chi connectivity index (χ1n) is 6.87. The van der Waals surface area contributed by atoms with E-state index in [9.17, 15) is 5.11 Å². The number of rotatable bonds is 5. The lowest BCUT2D eigenvalue weighted by molar-refractivity contribution is 0.119. The van der Waals surface area contributed by atoms with Crippen LogP contribution in [0.3, 0.4) is 0 Å². The molecule has 106 valence electrons. The highest BCUT2D eigenvalue weighted by atomic mass is 79.9. The van der Waals surface area contributed by atoms with Gasteiger partial charge >= 0.3 is 0 Å². The summed E-state index contributed by atoms with van der Waals surface area (Å²) >= 11 is 3.57. The van der Waals surface area contributed by atoms with E-state index in [4.69, 9.17) is 4.74 Å². The molecule has 0 radical (unpaired) electrons. The SMILES string of the molecule is COc1ccc(Br)c(CNC2(CO)CCCCC2)c1. The van der Waals surface area contributed by atoms with Crippen molar-refractivity contribution in [3.05, 3.63) is 28.2 Å². The first kappa shape index (κ1) is 14.8. The average Bonchev–Trinajstić information content (AvgIpc) is 2.47. The first-order valence-corrected chi connectivity index (χ1v) is 7.67. The van der Waals surface area contributed by atoms with Gasteiger partial charge in [0.25, 0.3) is 0 Å². The zero-order chi connectivity index (χ0) is 13.7. The summed E-state index contributed by atoms with van der Waals surface area (Å²) in [4.78, 5) is 0. The van der Waals surface area contributed by atoms with Crippen molar-refractivity contribution in [2.75, 3.05) is 13.7 Å². The predicted molar refractivity (Wildman–Crippen MR) is 80.4 cm³/mol. The Kier molecular flexibility index (Phi) is 5.25. The molecular weight excluding hydrogens is 306 g/mol. The summed E-state index contributed by atoms with van der Waals surface area (Å²) < 4.78 is 6.33. The van der Waals surface area contributed by atoms with Crippen molar-refractivity contribution in [3.8, 4) is 5.75 Å². The van der Waals surface area contributed by atoms with Gasteiger partial charge in [0, 0.05) is 16.6 Å². The number of hydrogen-bond acceptors (Lipinski definition) is 3. The third-order valence-electron chi connectivity index (χ3n) is 4.02. The molecule has 0 amide bonds. The van der Waals surface area contributed by atoms with Crippen LogP contribution < -0.4 is 10.1 Å². The van der Waals surface area contributed by atoms with Gasteiger partial charge in [-0.3, -0.25) is 0 Å². The van der Waals surface area contributed by atoms with Crippen molar-refractivity contribution in [1.29, 1.82) is 0 Å². The van der Waals surface area contributed by atoms with Crippen LogP contribution in [0.5, 0.6) is 5.75 Å². The fourth-order valence-corrected chi connectivity index (χ4v) is 3.10. The number of ether oxygens (including phenoxy) is 1. The average molecular weight is 328 g/mol. The molecule has 1 aromatic carbocycles. The largest absolute Gasteiger partial charge is 0.497 e. The third kappa shape index (κ3) is 3.71. The van der Waals surface area contributed by atoms with Crippen LogP contribution in [0.15, 0.2) is 22.7 Å². The zero-order valence-corrected chi connectivity index (χ0v) is 13.0. The lowest BCUT2D eigenvalue weighted by Gasteiger charge is -2.37. The Bertz CT molecular complexity index is 417. The molecule has 1 fully saturated rings. The number of benzene rings is 1. The number of aliphatic hydroxyl groups excluding tert-OH is 1. The highest BCUT2D eigenvalue weighted by Gasteiger charge is 2.30. The maximum absolute atomic E-state index is 9.69. The molecule has 1 aliphatic rings. The summed E-state index contributed by atoms with van der Waals surface area (Å²) in [6, 6.07) is 5.98. The first-order chi connectivity index (χ1) is 9.19. The topological polar surface area (TPSA) is 41.5 Å². The molecule has 19 heavy (non-hydrogen) atoms. The van der Waals surface area contributed by atoms with Gasteiger partial charge in [0.1, 0.15) is 5.75 Å². The van der Waals surface area contributed by atoms with Crippen LogP contribution in [-0.4, -0.2) is 24.4 Å². The van der Waals surface area contributed by atoms with E-state index in [2.05, 4.69) is 21.2 Å². The Hall–Kier alpha value is -0.580. The molecule has 0 saturated heterocycles. The van der Waals surface area contributed by atoms with Gasteiger partial charge in [-0.05, 0) is 36.6 Å². The van der Waals surface area contributed by atoms with E-state index in [0.717, 1.165) is 35.2 Å². The Morgan fingerprint density at radius 3 is 2.68 bits per heavy atom. The van der Waals surface area contributed by atoms with Crippen LogP contribution >= 0.6 is 15.9 Å². The van der Waals surface area contributed by atoms with Crippen molar-refractivity contribution in [2.24, 2.45) is 0 Å². The monoisotopic (exact) mass is 327 g/mol. The second-order valence-corrected chi connectivity index (χ2v) is 6.16. The van der Waals surface area contributed by atoms with Crippen LogP contribution in [0.1, 0.15) is 37.7 Å². The standard InChI is InChI=1S/C15H22BrNO2/c1-19-13-5-6-14(16)12(9-13)10-17-15(11-18)7-3-2-4-8-15/h5-6,9,17-18H,2-4,7-8,10-11H2,1H3. The molecule has 0 unspecified atom stereocenters. The summed E-state index contributed by atoms with van der Waals surface area (Å²) in [6.07, 6.45) is 5.81. The van der Waals surface area contributed by atoms with Crippen LogP contribution in [0.4, 0.5) is 0 Å². The number of methoxy groups -OCH3 is 1. The zero-order valence-electron chi connectivity index (χ0n) is 11.4. The minimum atomic E-state index is -0.0965. The number of nitrogens with one attached hydrogen (secondary N) is 1. The van der Waals surface area contributed by atoms with E-state index in [1.165, 1.54) is 19.3 Å². The summed E-state index contributed by atoms with van der Waals surface area (Å²) in [5, 5.41) is 13.2. The summed E-state index contributed by atoms with van der Waals surface area (Å²) in [7, 11) is 1.68. The van der Waals surface area contributed by atoms with Gasteiger partial charge in [-0.15, -0.1) is 0 Å². The molecule has 1 aromatic rings. The molecule has 3 nitrogen and oxygen atoms in total. The number of halogens is 1. The van der Waals surface area contributed by atoms with E-state index in [-0.39, 0.29) is 12.1 Å². The smallest absolute Gasteiger partial charge is 0.119 e. The van der Waals surface area contributed by atoms with E-state index >= 15 is 0 Å². The lowest BCUT2D eigenvalue weighted by Crippen LogP contribution is -2.49. The van der Waals surface area contributed by atoms with Gasteiger partial charge < -0.3 is 15.2 Å². The van der Waals surface area contributed by atoms with Crippen LogP contribution in [-0.2, 0) is 6.54 Å². The van der Waals surface area contributed by atoms with Gasteiger partial charge in [-0.25, -0.2) is 0 Å². The fraction of sp³-hybridized carbons (Fsp3) is 0.600. The molecule has 0 atom stereocenters. The van der Waals surface area contributed by atoms with Crippen LogP contribution in [0.2, 0.25) is 0 Å². The van der Waals surface area contributed by atoms with E-state index in [1.807, 2.05) is 18.2 Å². The molecule has 2 N–H and O–H groups in total. The minimum Gasteiger partial charge on any atom is -0.497 e. The van der Waals surface area contributed by atoms with Gasteiger partial charge in [0.2, 0.25) is 0 Å². The molecule has 1 saturated carbocycles. The Morgan fingerprint density at radius 2 is 2.05 bits per heavy atom. The molecule has 0 heterocycles. The molecule has 0 bridgehead atoms. The number of aliphatic hydroxyl groups is 1. The van der Waals surface area contributed by atoms with Crippen molar-refractivity contribution in [2.45, 2.75) is 44.2 Å². The van der Waals surface area contributed by atoms with Crippen molar-refractivity contribution >= 4 is 15.9 Å². The minimum absolute atomic E-state index is 0.0965. The van der Waals surface area contributed by atoms with Gasteiger partial charge in [-0.1, -0.05) is 35.2 Å². The summed E-state index contributed by atoms with van der Waals surface area (Å²) in [5.41, 5.74) is 1.07. The Balaban J connectivity index is 2.04. The molecular formula is C15H22BrNO2. The highest BCUT2D eigenvalue weighted by molar-refractivity contribution is 9.10. The van der Waals surface area contributed by atoms with Crippen LogP contribution in [0, 0.1) is 0 Å². The second kappa shape index (κ2) is 6.73. The summed E-state index contributed by atoms with van der Waals surface area (Å²) in [6.45, 7) is 0.965. The van der Waals surface area contributed by atoms with Gasteiger partial charge in [-0.2, -0.15) is 0 Å². The highest BCUT2D eigenvalue weighted by Crippen LogP contribution is 2.29. The van der Waals surface area contributed by atoms with Crippen LogP contribution in [0.25, 0.3) is 0 Å². The maximum Gasteiger partial charge on any atom is 0.119 e. The summed E-state index contributed by atoms with van der Waals surface area (Å²) in [5.74, 6) is 0.863. The van der Waals surface area contributed by atoms with Gasteiger partial charge in [0.15, 0.2) is 0 Å². The predicted octanol–water partition coefficient (Wildman–Crippen LogP) is 3.24. The molecule has 0 aliphatic heterocycles. The van der Waals surface area contributed by atoms with E-state index in [1.54, 1.807) is 7.11 Å². The van der Waals surface area contributed by atoms with Crippen molar-refractivity contribution in [1.82, 2.24) is 5.32 Å². The Morgan fingerprint density at radius 1 is 1.32 bits per heavy atom. The fourth-order valence-electron chi connectivity index (χ4n) is 2.72. The normalized spacial score (nSPS) is 18.3. The van der Waals surface area contributed by atoms with Crippen molar-refractivity contribution in [3.63, 3.8) is 0 Å². The maximum atomic E-state index is 9.69. The molecule has 1 aliphatic carbocycles. The Labute approximate surface area is 123 Å². The van der Waals surface area contributed by atoms with E-state index < -0.39 is 0 Å². The van der Waals surface area contributed by atoms with Gasteiger partial charge in [0.05, 0.1) is 13.7 Å². The second-order valence-electron chi connectivity index (χ2n) is 5.31. The lowest BCUT2D eigenvalue weighted by atomic mass is 9.82. The number of hydrogen-bond donors (Lipinski definition) is 2. The van der Waals surface area contributed by atoms with E-state index in [0.29, 0.717) is 0 Å². The molecule has 0 aromatic heterocycles.